The Balaban J connectivity index is 0.000000197. The van der Waals surface area contributed by atoms with Gasteiger partial charge in [0.05, 0.1) is 26.4 Å². The summed E-state index contributed by atoms with van der Waals surface area (Å²) in [6.45, 7) is 0.696. The van der Waals surface area contributed by atoms with E-state index in [1.54, 1.807) is 0 Å². The predicted molar refractivity (Wildman–Crippen MR) is 138 cm³/mol. The third-order valence-corrected chi connectivity index (χ3v) is 4.62. The highest BCUT2D eigenvalue weighted by atomic mass is 16.5. The molecular weight excluding hydrogens is 440 g/mol. The zero-order valence-electron chi connectivity index (χ0n) is 19.5. The minimum atomic E-state index is 0.0278. The number of hydrogen-bond acceptors (Lipinski definition) is 5. The molecule has 0 aromatic heterocycles. The summed E-state index contributed by atoms with van der Waals surface area (Å²) in [4.78, 5) is 23.7. The number of hydrogen-bond donors (Lipinski definition) is 2. The van der Waals surface area contributed by atoms with Gasteiger partial charge in [0.2, 0.25) is 0 Å². The summed E-state index contributed by atoms with van der Waals surface area (Å²) >= 11 is 0. The summed E-state index contributed by atoms with van der Waals surface area (Å²) in [5.41, 5.74) is 2.94. The molecule has 0 saturated carbocycles. The van der Waals surface area contributed by atoms with Gasteiger partial charge in [0.15, 0.2) is 11.6 Å². The van der Waals surface area contributed by atoms with Crippen LogP contribution in [0.5, 0.6) is 0 Å². The maximum Gasteiger partial charge on any atom is 0.193 e. The smallest absolute Gasteiger partial charge is 0.193 e. The van der Waals surface area contributed by atoms with Gasteiger partial charge in [0.25, 0.3) is 0 Å². The van der Waals surface area contributed by atoms with Crippen molar-refractivity contribution in [3.05, 3.63) is 144 Å². The molecule has 0 fully saturated rings. The van der Waals surface area contributed by atoms with Crippen molar-refractivity contribution in [3.8, 4) is 0 Å². The van der Waals surface area contributed by atoms with E-state index in [1.807, 2.05) is 121 Å². The SMILES string of the molecule is O=C(c1ccccc1)c1ccccc1.O=C(c1ccccc1)c1ccccc1.OCCOCCO. The molecule has 0 bridgehead atoms. The van der Waals surface area contributed by atoms with Crippen LogP contribution in [0.2, 0.25) is 0 Å². The number of ether oxygens (including phenoxy) is 1. The molecule has 0 heterocycles. The molecule has 4 aromatic carbocycles. The number of aliphatic hydroxyl groups is 2. The molecule has 0 atom stereocenters. The van der Waals surface area contributed by atoms with Gasteiger partial charge in [-0.2, -0.15) is 0 Å². The van der Waals surface area contributed by atoms with Crippen molar-refractivity contribution in [2.75, 3.05) is 26.4 Å². The van der Waals surface area contributed by atoms with Crippen molar-refractivity contribution in [2.24, 2.45) is 0 Å². The fourth-order valence-corrected chi connectivity index (χ4v) is 2.92. The molecule has 0 saturated heterocycles. The van der Waals surface area contributed by atoms with E-state index in [0.29, 0.717) is 13.2 Å². The Morgan fingerprint density at radius 3 is 0.886 bits per heavy atom. The van der Waals surface area contributed by atoms with Gasteiger partial charge >= 0.3 is 0 Å². The molecule has 0 amide bonds. The van der Waals surface area contributed by atoms with Gasteiger partial charge in [0.1, 0.15) is 0 Å². The number of carbonyl (C=O) groups excluding carboxylic acids is 2. The fraction of sp³-hybridized carbons (Fsp3) is 0.133. The quantitative estimate of drug-likeness (QED) is 0.285. The molecule has 0 aliphatic rings. The molecule has 0 aliphatic carbocycles. The lowest BCUT2D eigenvalue weighted by molar-refractivity contribution is 0.0650. The number of benzene rings is 4. The molecule has 4 aromatic rings. The molecule has 0 unspecified atom stereocenters. The van der Waals surface area contributed by atoms with Crippen LogP contribution in [0.1, 0.15) is 31.8 Å². The first kappa shape index (κ1) is 27.3. The van der Waals surface area contributed by atoms with Crippen LogP contribution in [0.15, 0.2) is 121 Å². The highest BCUT2D eigenvalue weighted by molar-refractivity contribution is 6.09. The van der Waals surface area contributed by atoms with Crippen LogP contribution in [0.3, 0.4) is 0 Å². The summed E-state index contributed by atoms with van der Waals surface area (Å²) in [5, 5.41) is 16.2. The lowest BCUT2D eigenvalue weighted by atomic mass is 10.0. The maximum absolute atomic E-state index is 11.8. The van der Waals surface area contributed by atoms with Crippen molar-refractivity contribution < 1.29 is 24.5 Å². The number of carbonyl (C=O) groups is 2. The van der Waals surface area contributed by atoms with Gasteiger partial charge < -0.3 is 14.9 Å². The van der Waals surface area contributed by atoms with E-state index in [-0.39, 0.29) is 24.8 Å². The summed E-state index contributed by atoms with van der Waals surface area (Å²) in [7, 11) is 0. The lowest BCUT2D eigenvalue weighted by Gasteiger charge is -1.99. The second-order valence-corrected chi connectivity index (χ2v) is 7.18. The molecule has 2 N–H and O–H groups in total. The first-order valence-corrected chi connectivity index (χ1v) is 11.3. The predicted octanol–water partition coefficient (Wildman–Crippen LogP) is 4.82. The van der Waals surface area contributed by atoms with Crippen molar-refractivity contribution >= 4 is 11.6 Å². The summed E-state index contributed by atoms with van der Waals surface area (Å²) < 4.78 is 4.63. The van der Waals surface area contributed by atoms with Crippen LogP contribution >= 0.6 is 0 Å². The largest absolute Gasteiger partial charge is 0.394 e. The Bertz CT molecular complexity index is 925. The molecule has 180 valence electrons. The maximum atomic E-state index is 11.8. The third kappa shape index (κ3) is 10.3. The van der Waals surface area contributed by atoms with E-state index in [1.165, 1.54) is 0 Å². The van der Waals surface area contributed by atoms with Gasteiger partial charge in [-0.05, 0) is 0 Å². The number of ketones is 2. The van der Waals surface area contributed by atoms with Gasteiger partial charge in [-0.25, -0.2) is 0 Å². The molecule has 4 rings (SSSR count). The summed E-state index contributed by atoms with van der Waals surface area (Å²) in [6, 6.07) is 37.2. The van der Waals surface area contributed by atoms with Crippen molar-refractivity contribution in [3.63, 3.8) is 0 Å². The highest BCUT2D eigenvalue weighted by Gasteiger charge is 2.07. The minimum Gasteiger partial charge on any atom is -0.394 e. The fourth-order valence-electron chi connectivity index (χ4n) is 2.92. The Kier molecular flexibility index (Phi) is 13.0. The minimum absolute atomic E-state index is 0.0278. The first-order valence-electron chi connectivity index (χ1n) is 11.3. The van der Waals surface area contributed by atoms with Crippen LogP contribution in [0.25, 0.3) is 0 Å². The first-order chi connectivity index (χ1) is 17.2. The average molecular weight is 471 g/mol. The summed E-state index contributed by atoms with van der Waals surface area (Å²) in [5.74, 6) is 0.150. The topological polar surface area (TPSA) is 83.8 Å². The van der Waals surface area contributed by atoms with E-state index >= 15 is 0 Å². The van der Waals surface area contributed by atoms with Crippen LogP contribution in [-0.4, -0.2) is 48.2 Å². The lowest BCUT2D eigenvalue weighted by Crippen LogP contribution is -2.03. The molecular formula is C30H30O5. The highest BCUT2D eigenvalue weighted by Crippen LogP contribution is 2.09. The molecule has 0 radical (unpaired) electrons. The number of aliphatic hydroxyl groups excluding tert-OH is 2. The van der Waals surface area contributed by atoms with Crippen LogP contribution in [0, 0.1) is 0 Å². The average Bonchev–Trinajstić information content (AvgIpc) is 2.95. The zero-order chi connectivity index (χ0) is 25.1. The van der Waals surface area contributed by atoms with E-state index < -0.39 is 0 Å². The van der Waals surface area contributed by atoms with Crippen molar-refractivity contribution in [2.45, 2.75) is 0 Å². The normalized spacial score (nSPS) is 9.66. The van der Waals surface area contributed by atoms with Gasteiger partial charge in [-0.1, -0.05) is 121 Å². The van der Waals surface area contributed by atoms with Crippen LogP contribution in [-0.2, 0) is 4.74 Å². The molecule has 0 aliphatic heterocycles. The second-order valence-electron chi connectivity index (χ2n) is 7.18. The van der Waals surface area contributed by atoms with Crippen molar-refractivity contribution in [1.29, 1.82) is 0 Å². The van der Waals surface area contributed by atoms with Gasteiger partial charge in [-0.3, -0.25) is 9.59 Å². The van der Waals surface area contributed by atoms with E-state index in [9.17, 15) is 9.59 Å². The van der Waals surface area contributed by atoms with E-state index in [0.717, 1.165) is 22.3 Å². The van der Waals surface area contributed by atoms with Crippen molar-refractivity contribution in [1.82, 2.24) is 0 Å². The Morgan fingerprint density at radius 1 is 0.457 bits per heavy atom. The molecule has 5 heteroatoms. The van der Waals surface area contributed by atoms with Gasteiger partial charge in [-0.15, -0.1) is 0 Å². The third-order valence-electron chi connectivity index (χ3n) is 4.62. The number of rotatable bonds is 8. The monoisotopic (exact) mass is 470 g/mol. The summed E-state index contributed by atoms with van der Waals surface area (Å²) in [6.07, 6.45) is 0. The van der Waals surface area contributed by atoms with E-state index in [4.69, 9.17) is 10.2 Å². The molecule has 35 heavy (non-hydrogen) atoms. The van der Waals surface area contributed by atoms with Gasteiger partial charge in [0, 0.05) is 22.3 Å². The molecule has 0 spiro atoms. The Hall–Kier alpha value is -3.90. The standard InChI is InChI=1S/2C13H10O.C4H10O3/c2*14-13(11-7-3-1-4-8-11)12-9-5-2-6-10-12;5-1-3-7-4-2-6/h2*1-10H;5-6H,1-4H2. The Morgan fingerprint density at radius 2 is 0.686 bits per heavy atom. The second kappa shape index (κ2) is 16.7. The molecule has 5 nitrogen and oxygen atoms in total. The van der Waals surface area contributed by atoms with Crippen LogP contribution < -0.4 is 0 Å². The Labute approximate surface area is 206 Å². The zero-order valence-corrected chi connectivity index (χ0v) is 19.5. The van der Waals surface area contributed by atoms with E-state index in [2.05, 4.69) is 4.74 Å². The van der Waals surface area contributed by atoms with Crippen LogP contribution in [0.4, 0.5) is 0 Å².